The maximum atomic E-state index is 12.9. The van der Waals surface area contributed by atoms with Gasteiger partial charge in [-0.15, -0.1) is 0 Å². The predicted molar refractivity (Wildman–Crippen MR) is 111 cm³/mol. The molecule has 160 valence electrons. The number of aryl methyl sites for hydroxylation is 1. The lowest BCUT2D eigenvalue weighted by Crippen LogP contribution is -2.51. The molecule has 0 spiro atoms. The Bertz CT molecular complexity index is 885. The van der Waals surface area contributed by atoms with Crippen LogP contribution in [0.25, 0.3) is 0 Å². The Labute approximate surface area is 176 Å². The molecule has 1 saturated heterocycles. The van der Waals surface area contributed by atoms with Gasteiger partial charge in [0.05, 0.1) is 24.1 Å². The number of amides is 2. The van der Waals surface area contributed by atoms with E-state index in [0.29, 0.717) is 44.1 Å². The molecule has 0 aliphatic carbocycles. The molecule has 0 unspecified atom stereocenters. The van der Waals surface area contributed by atoms with Gasteiger partial charge in [0.25, 0.3) is 11.8 Å². The summed E-state index contributed by atoms with van der Waals surface area (Å²) < 4.78 is 13.0. The van der Waals surface area contributed by atoms with Gasteiger partial charge >= 0.3 is 0 Å². The van der Waals surface area contributed by atoms with Crippen molar-refractivity contribution < 1.29 is 19.1 Å². The molecule has 2 aromatic rings. The van der Waals surface area contributed by atoms with Crippen molar-refractivity contribution in [3.8, 4) is 11.5 Å². The van der Waals surface area contributed by atoms with E-state index in [4.69, 9.17) is 9.47 Å². The van der Waals surface area contributed by atoms with Crippen LogP contribution in [-0.2, 0) is 17.8 Å². The van der Waals surface area contributed by atoms with E-state index in [1.54, 1.807) is 23.2 Å². The van der Waals surface area contributed by atoms with Crippen LogP contribution in [0.4, 0.5) is 0 Å². The summed E-state index contributed by atoms with van der Waals surface area (Å²) in [5, 5.41) is 4.36. The molecule has 8 nitrogen and oxygen atoms in total. The summed E-state index contributed by atoms with van der Waals surface area (Å²) in [5.74, 6) is 1.36. The Hall–Kier alpha value is -3.03. The smallest absolute Gasteiger partial charge is 0.260 e. The summed E-state index contributed by atoms with van der Waals surface area (Å²) in [4.78, 5) is 29.0. The number of piperazine rings is 1. The Kier molecular flexibility index (Phi) is 6.21. The van der Waals surface area contributed by atoms with Crippen LogP contribution in [-0.4, -0.2) is 70.8 Å². The van der Waals surface area contributed by atoms with Gasteiger partial charge in [0.1, 0.15) is 11.5 Å². The van der Waals surface area contributed by atoms with Gasteiger partial charge in [-0.1, -0.05) is 0 Å². The number of ether oxygens (including phenoxy) is 2. The minimum absolute atomic E-state index is 0.0150. The summed E-state index contributed by atoms with van der Waals surface area (Å²) in [6.07, 6.45) is 4.82. The third-order valence-corrected chi connectivity index (χ3v) is 5.63. The average molecular weight is 412 g/mol. The lowest BCUT2D eigenvalue weighted by Gasteiger charge is -2.34. The lowest BCUT2D eigenvalue weighted by molar-refractivity contribution is -0.134. The van der Waals surface area contributed by atoms with Crippen molar-refractivity contribution >= 4 is 11.8 Å². The zero-order valence-corrected chi connectivity index (χ0v) is 17.4. The van der Waals surface area contributed by atoms with Crippen molar-refractivity contribution in [2.45, 2.75) is 32.7 Å². The first-order valence-corrected chi connectivity index (χ1v) is 10.6. The predicted octanol–water partition coefficient (Wildman–Crippen LogP) is 1.98. The van der Waals surface area contributed by atoms with Crippen LogP contribution in [0.15, 0.2) is 30.5 Å². The standard InChI is InChI=1S/C22H28N4O4/c1-2-29-17-6-8-18(9-7-17)30-16-21(27)24-11-13-25(14-12-24)22(28)19-15-23-26-10-4-3-5-20(19)26/h6-9,15H,2-5,10-14,16H2,1H3. The van der Waals surface area contributed by atoms with E-state index in [2.05, 4.69) is 5.10 Å². The van der Waals surface area contributed by atoms with Crippen molar-refractivity contribution in [1.29, 1.82) is 0 Å². The molecule has 0 bridgehead atoms. The van der Waals surface area contributed by atoms with Crippen molar-refractivity contribution in [2.24, 2.45) is 0 Å². The highest BCUT2D eigenvalue weighted by Gasteiger charge is 2.28. The lowest BCUT2D eigenvalue weighted by atomic mass is 10.1. The summed E-state index contributed by atoms with van der Waals surface area (Å²) in [7, 11) is 0. The third-order valence-electron chi connectivity index (χ3n) is 5.63. The Morgan fingerprint density at radius 1 is 0.933 bits per heavy atom. The Morgan fingerprint density at radius 2 is 1.60 bits per heavy atom. The van der Waals surface area contributed by atoms with Crippen molar-refractivity contribution in [2.75, 3.05) is 39.4 Å². The molecule has 0 N–H and O–H groups in total. The minimum atomic E-state index is -0.0705. The Morgan fingerprint density at radius 3 is 2.30 bits per heavy atom. The average Bonchev–Trinajstić information content (AvgIpc) is 3.22. The van der Waals surface area contributed by atoms with E-state index in [0.717, 1.165) is 37.3 Å². The summed E-state index contributed by atoms with van der Waals surface area (Å²) in [6, 6.07) is 7.23. The van der Waals surface area contributed by atoms with Gasteiger partial charge in [-0.2, -0.15) is 5.10 Å². The van der Waals surface area contributed by atoms with Gasteiger partial charge in [-0.05, 0) is 50.5 Å². The monoisotopic (exact) mass is 412 g/mol. The van der Waals surface area contributed by atoms with E-state index in [1.807, 2.05) is 28.6 Å². The molecule has 1 aromatic heterocycles. The van der Waals surface area contributed by atoms with E-state index >= 15 is 0 Å². The van der Waals surface area contributed by atoms with Gasteiger partial charge in [0, 0.05) is 32.7 Å². The number of hydrogen-bond donors (Lipinski definition) is 0. The first-order valence-electron chi connectivity index (χ1n) is 10.6. The zero-order valence-electron chi connectivity index (χ0n) is 17.4. The maximum Gasteiger partial charge on any atom is 0.260 e. The SMILES string of the molecule is CCOc1ccc(OCC(=O)N2CCN(C(=O)c3cnn4c3CCCC4)CC2)cc1. The molecule has 4 rings (SSSR count). The first-order chi connectivity index (χ1) is 14.7. The van der Waals surface area contributed by atoms with Gasteiger partial charge in [-0.25, -0.2) is 0 Å². The highest BCUT2D eigenvalue weighted by atomic mass is 16.5. The molecule has 2 aliphatic rings. The van der Waals surface area contributed by atoms with Crippen LogP contribution in [0, 0.1) is 0 Å². The number of nitrogens with zero attached hydrogens (tertiary/aromatic N) is 4. The van der Waals surface area contributed by atoms with Crippen molar-refractivity contribution in [1.82, 2.24) is 19.6 Å². The summed E-state index contributed by atoms with van der Waals surface area (Å²) in [6.45, 7) is 5.49. The zero-order chi connectivity index (χ0) is 20.9. The Balaban J connectivity index is 1.26. The number of rotatable bonds is 6. The van der Waals surface area contributed by atoms with Crippen LogP contribution in [0.5, 0.6) is 11.5 Å². The third kappa shape index (κ3) is 4.42. The molecule has 3 heterocycles. The fourth-order valence-corrected chi connectivity index (χ4v) is 3.96. The van der Waals surface area contributed by atoms with Gasteiger partial charge in [0.15, 0.2) is 6.61 Å². The number of carbonyl (C=O) groups excluding carboxylic acids is 2. The number of hydrogen-bond acceptors (Lipinski definition) is 5. The molecule has 1 fully saturated rings. The molecule has 2 amide bonds. The van der Waals surface area contributed by atoms with Crippen molar-refractivity contribution in [3.05, 3.63) is 41.7 Å². The normalized spacial score (nSPS) is 16.2. The fraction of sp³-hybridized carbons (Fsp3) is 0.500. The van der Waals surface area contributed by atoms with Crippen LogP contribution < -0.4 is 9.47 Å². The molecule has 1 aromatic carbocycles. The molecular formula is C22H28N4O4. The van der Waals surface area contributed by atoms with Crippen LogP contribution in [0.1, 0.15) is 35.8 Å². The molecule has 0 atom stereocenters. The topological polar surface area (TPSA) is 76.9 Å². The number of benzene rings is 1. The second kappa shape index (κ2) is 9.19. The fourth-order valence-electron chi connectivity index (χ4n) is 3.96. The molecule has 0 radical (unpaired) electrons. The molecular weight excluding hydrogens is 384 g/mol. The first kappa shape index (κ1) is 20.3. The molecule has 8 heteroatoms. The van der Waals surface area contributed by atoms with E-state index < -0.39 is 0 Å². The van der Waals surface area contributed by atoms with E-state index in [9.17, 15) is 9.59 Å². The second-order valence-electron chi connectivity index (χ2n) is 7.55. The molecule has 30 heavy (non-hydrogen) atoms. The van der Waals surface area contributed by atoms with Crippen LogP contribution in [0.2, 0.25) is 0 Å². The van der Waals surface area contributed by atoms with Crippen LogP contribution in [0.3, 0.4) is 0 Å². The minimum Gasteiger partial charge on any atom is -0.494 e. The van der Waals surface area contributed by atoms with Gasteiger partial charge in [-0.3, -0.25) is 14.3 Å². The van der Waals surface area contributed by atoms with Crippen molar-refractivity contribution in [3.63, 3.8) is 0 Å². The quantitative estimate of drug-likeness (QED) is 0.725. The molecule has 0 saturated carbocycles. The number of carbonyl (C=O) groups is 2. The highest BCUT2D eigenvalue weighted by Crippen LogP contribution is 2.21. The largest absolute Gasteiger partial charge is 0.494 e. The van der Waals surface area contributed by atoms with Gasteiger partial charge in [0.2, 0.25) is 0 Å². The number of fused-ring (bicyclic) bond motifs is 1. The van der Waals surface area contributed by atoms with Crippen LogP contribution >= 0.6 is 0 Å². The molecule has 2 aliphatic heterocycles. The van der Waals surface area contributed by atoms with E-state index in [-0.39, 0.29) is 18.4 Å². The highest BCUT2D eigenvalue weighted by molar-refractivity contribution is 5.95. The second-order valence-corrected chi connectivity index (χ2v) is 7.55. The van der Waals surface area contributed by atoms with E-state index in [1.165, 1.54) is 0 Å². The van der Waals surface area contributed by atoms with Gasteiger partial charge < -0.3 is 19.3 Å². The number of aromatic nitrogens is 2. The maximum absolute atomic E-state index is 12.9. The summed E-state index contributed by atoms with van der Waals surface area (Å²) >= 11 is 0. The summed E-state index contributed by atoms with van der Waals surface area (Å²) in [5.41, 5.74) is 1.77.